The van der Waals surface area contributed by atoms with Crippen molar-refractivity contribution in [3.05, 3.63) is 106 Å². The van der Waals surface area contributed by atoms with Gasteiger partial charge in [-0.2, -0.15) is 0 Å². The van der Waals surface area contributed by atoms with E-state index in [9.17, 15) is 4.79 Å². The van der Waals surface area contributed by atoms with Crippen LogP contribution in [0.4, 0.5) is 0 Å². The fraction of sp³-hybridized carbons (Fsp3) is 0.174. The molecule has 1 amide bonds. The van der Waals surface area contributed by atoms with Gasteiger partial charge >= 0.3 is 0 Å². The predicted octanol–water partition coefficient (Wildman–Crippen LogP) is 5.49. The molecular weight excluding hydrogens is 342 g/mol. The molecule has 3 heteroatoms. The third-order valence-electron chi connectivity index (χ3n) is 4.49. The van der Waals surface area contributed by atoms with Crippen LogP contribution in [0.25, 0.3) is 0 Å². The molecule has 26 heavy (non-hydrogen) atoms. The van der Waals surface area contributed by atoms with Gasteiger partial charge in [-0.1, -0.05) is 78.3 Å². The predicted molar refractivity (Wildman–Crippen MR) is 107 cm³/mol. The van der Waals surface area contributed by atoms with Gasteiger partial charge in [0.1, 0.15) is 0 Å². The van der Waals surface area contributed by atoms with Gasteiger partial charge in [-0.25, -0.2) is 0 Å². The van der Waals surface area contributed by atoms with Gasteiger partial charge in [0.05, 0.1) is 6.04 Å². The zero-order chi connectivity index (χ0) is 18.4. The highest BCUT2D eigenvalue weighted by atomic mass is 35.5. The van der Waals surface area contributed by atoms with E-state index in [4.69, 9.17) is 11.6 Å². The van der Waals surface area contributed by atoms with Crippen molar-refractivity contribution in [2.75, 3.05) is 0 Å². The molecule has 0 aliphatic rings. The lowest BCUT2D eigenvalue weighted by molar-refractivity contribution is -0.121. The van der Waals surface area contributed by atoms with E-state index in [0.29, 0.717) is 17.9 Å². The Morgan fingerprint density at radius 2 is 1.58 bits per heavy atom. The highest BCUT2D eigenvalue weighted by molar-refractivity contribution is 6.30. The Balaban J connectivity index is 1.74. The minimum absolute atomic E-state index is 0.0389. The maximum atomic E-state index is 12.6. The molecule has 1 N–H and O–H groups in total. The van der Waals surface area contributed by atoms with Crippen LogP contribution in [0, 0.1) is 6.92 Å². The van der Waals surface area contributed by atoms with Crippen LogP contribution in [-0.4, -0.2) is 5.91 Å². The number of benzene rings is 3. The van der Waals surface area contributed by atoms with Crippen molar-refractivity contribution in [2.24, 2.45) is 0 Å². The number of rotatable bonds is 6. The topological polar surface area (TPSA) is 29.1 Å². The van der Waals surface area contributed by atoms with Gasteiger partial charge < -0.3 is 5.32 Å². The molecule has 0 aliphatic heterocycles. The molecule has 3 rings (SSSR count). The lowest BCUT2D eigenvalue weighted by Gasteiger charge is -2.21. The Bertz CT molecular complexity index is 859. The molecule has 0 aliphatic carbocycles. The third kappa shape index (κ3) is 4.74. The van der Waals surface area contributed by atoms with Crippen LogP contribution in [-0.2, 0) is 11.2 Å². The Morgan fingerprint density at radius 1 is 0.923 bits per heavy atom. The van der Waals surface area contributed by atoms with E-state index in [-0.39, 0.29) is 11.9 Å². The van der Waals surface area contributed by atoms with Gasteiger partial charge in [0.25, 0.3) is 0 Å². The van der Waals surface area contributed by atoms with Gasteiger partial charge in [-0.05, 0) is 47.7 Å². The first-order valence-electron chi connectivity index (χ1n) is 8.78. The normalized spacial score (nSPS) is 11.8. The smallest absolute Gasteiger partial charge is 0.221 e. The summed E-state index contributed by atoms with van der Waals surface area (Å²) in [6.07, 6.45) is 1.13. The van der Waals surface area contributed by atoms with Crippen LogP contribution >= 0.6 is 11.6 Å². The first-order valence-corrected chi connectivity index (χ1v) is 9.15. The van der Waals surface area contributed by atoms with Gasteiger partial charge in [-0.15, -0.1) is 0 Å². The second kappa shape index (κ2) is 8.68. The van der Waals surface area contributed by atoms with Crippen molar-refractivity contribution in [3.63, 3.8) is 0 Å². The van der Waals surface area contributed by atoms with E-state index in [1.807, 2.05) is 54.6 Å². The molecule has 0 spiro atoms. The van der Waals surface area contributed by atoms with Crippen LogP contribution in [0.15, 0.2) is 78.9 Å². The second-order valence-corrected chi connectivity index (χ2v) is 6.83. The second-order valence-electron chi connectivity index (χ2n) is 6.39. The van der Waals surface area contributed by atoms with Crippen LogP contribution < -0.4 is 5.32 Å². The third-order valence-corrected chi connectivity index (χ3v) is 4.74. The van der Waals surface area contributed by atoms with Crippen LogP contribution in [0.5, 0.6) is 0 Å². The zero-order valence-corrected chi connectivity index (χ0v) is 15.5. The first kappa shape index (κ1) is 18.2. The molecule has 3 aromatic carbocycles. The first-order chi connectivity index (χ1) is 12.6. The Morgan fingerprint density at radius 3 is 2.27 bits per heavy atom. The van der Waals surface area contributed by atoms with E-state index in [2.05, 4.69) is 36.5 Å². The number of nitrogens with one attached hydrogen (secondary N) is 1. The van der Waals surface area contributed by atoms with Crippen molar-refractivity contribution in [1.82, 2.24) is 5.32 Å². The summed E-state index contributed by atoms with van der Waals surface area (Å²) in [5.74, 6) is 0.0389. The molecule has 0 aromatic heterocycles. The fourth-order valence-corrected chi connectivity index (χ4v) is 3.16. The number of hydrogen-bond acceptors (Lipinski definition) is 1. The summed E-state index contributed by atoms with van der Waals surface area (Å²) in [5.41, 5.74) is 4.48. The summed E-state index contributed by atoms with van der Waals surface area (Å²) in [7, 11) is 0. The van der Waals surface area contributed by atoms with Crippen molar-refractivity contribution in [2.45, 2.75) is 25.8 Å². The number of carbonyl (C=O) groups is 1. The molecule has 0 unspecified atom stereocenters. The molecule has 1 atom stereocenters. The average Bonchev–Trinajstić information content (AvgIpc) is 2.67. The van der Waals surface area contributed by atoms with Crippen LogP contribution in [0.3, 0.4) is 0 Å². The Hall–Kier alpha value is -2.58. The summed E-state index contributed by atoms with van der Waals surface area (Å²) in [6, 6.07) is 25.8. The summed E-state index contributed by atoms with van der Waals surface area (Å²) in [5, 5.41) is 3.92. The Kier molecular flexibility index (Phi) is 6.08. The monoisotopic (exact) mass is 363 g/mol. The van der Waals surface area contributed by atoms with Crippen molar-refractivity contribution >= 4 is 17.5 Å². The fourth-order valence-electron chi connectivity index (χ4n) is 3.04. The summed E-state index contributed by atoms with van der Waals surface area (Å²) < 4.78 is 0. The summed E-state index contributed by atoms with van der Waals surface area (Å²) in [6.45, 7) is 2.07. The zero-order valence-electron chi connectivity index (χ0n) is 14.8. The Labute approximate surface area is 159 Å². The lowest BCUT2D eigenvalue weighted by Crippen LogP contribution is -2.30. The standard InChI is InChI=1S/C23H22ClNO/c1-17-7-5-6-10-21(17)23(19-8-3-2-4-9-19)25-22(26)16-13-18-11-14-20(24)15-12-18/h2-12,14-15,23H,13,16H2,1H3,(H,25,26)/t23-/m0/s1. The number of hydrogen-bond donors (Lipinski definition) is 1. The number of aryl methyl sites for hydroxylation is 2. The molecule has 2 nitrogen and oxygen atoms in total. The van der Waals surface area contributed by atoms with Crippen molar-refractivity contribution < 1.29 is 4.79 Å². The average molecular weight is 364 g/mol. The largest absolute Gasteiger partial charge is 0.345 e. The maximum absolute atomic E-state index is 12.6. The van der Waals surface area contributed by atoms with Crippen LogP contribution in [0.2, 0.25) is 5.02 Å². The SMILES string of the molecule is Cc1ccccc1[C@@H](NC(=O)CCc1ccc(Cl)cc1)c1ccccc1. The highest BCUT2D eigenvalue weighted by Gasteiger charge is 2.18. The van der Waals surface area contributed by atoms with E-state index in [1.165, 1.54) is 5.56 Å². The van der Waals surface area contributed by atoms with Gasteiger partial charge in [-0.3, -0.25) is 4.79 Å². The van der Waals surface area contributed by atoms with E-state index in [0.717, 1.165) is 16.7 Å². The van der Waals surface area contributed by atoms with Gasteiger partial charge in [0.15, 0.2) is 0 Å². The van der Waals surface area contributed by atoms with E-state index in [1.54, 1.807) is 0 Å². The lowest BCUT2D eigenvalue weighted by atomic mass is 9.94. The molecule has 0 saturated carbocycles. The van der Waals surface area contributed by atoms with E-state index >= 15 is 0 Å². The number of halogens is 1. The van der Waals surface area contributed by atoms with Crippen molar-refractivity contribution in [1.29, 1.82) is 0 Å². The van der Waals surface area contributed by atoms with Crippen LogP contribution in [0.1, 0.15) is 34.7 Å². The molecule has 0 bridgehead atoms. The molecule has 3 aromatic rings. The molecule has 0 heterocycles. The minimum Gasteiger partial charge on any atom is -0.345 e. The van der Waals surface area contributed by atoms with Crippen molar-refractivity contribution in [3.8, 4) is 0 Å². The molecule has 0 radical (unpaired) electrons. The van der Waals surface area contributed by atoms with E-state index < -0.39 is 0 Å². The summed E-state index contributed by atoms with van der Waals surface area (Å²) >= 11 is 5.91. The highest BCUT2D eigenvalue weighted by Crippen LogP contribution is 2.25. The summed E-state index contributed by atoms with van der Waals surface area (Å²) in [4.78, 5) is 12.6. The van der Waals surface area contributed by atoms with Gasteiger partial charge in [0.2, 0.25) is 5.91 Å². The number of carbonyl (C=O) groups excluding carboxylic acids is 1. The molecule has 0 fully saturated rings. The molecule has 0 saturated heterocycles. The quantitative estimate of drug-likeness (QED) is 0.616. The number of amides is 1. The maximum Gasteiger partial charge on any atom is 0.221 e. The van der Waals surface area contributed by atoms with Gasteiger partial charge in [0, 0.05) is 11.4 Å². The minimum atomic E-state index is -0.143. The molecule has 132 valence electrons. The molecular formula is C23H22ClNO.